The van der Waals surface area contributed by atoms with E-state index in [1.165, 1.54) is 7.11 Å². The standard InChI is InChI=1S/C12H14F3N3O3/c1-21-9-4-2-3-8(7-9)18-11(20)17-6-5-16-10(19)12(13,14)15/h2-4,7H,5-6H2,1H3,(H,16,19)(H2,17,18,20). The third-order valence-corrected chi connectivity index (χ3v) is 2.28. The van der Waals surface area contributed by atoms with Crippen molar-refractivity contribution in [2.24, 2.45) is 0 Å². The molecule has 1 aromatic carbocycles. The minimum atomic E-state index is -4.93. The zero-order valence-electron chi connectivity index (χ0n) is 11.1. The smallest absolute Gasteiger partial charge is 0.471 e. The van der Waals surface area contributed by atoms with Crippen molar-refractivity contribution in [1.29, 1.82) is 0 Å². The van der Waals surface area contributed by atoms with Crippen LogP contribution >= 0.6 is 0 Å². The first kappa shape index (κ1) is 16.6. The molecule has 1 aromatic rings. The van der Waals surface area contributed by atoms with Crippen molar-refractivity contribution in [2.75, 3.05) is 25.5 Å². The van der Waals surface area contributed by atoms with Crippen molar-refractivity contribution in [3.8, 4) is 5.75 Å². The molecule has 0 bridgehead atoms. The number of halogens is 3. The van der Waals surface area contributed by atoms with Crippen LogP contribution in [0.3, 0.4) is 0 Å². The predicted octanol–water partition coefficient (Wildman–Crippen LogP) is 1.50. The van der Waals surface area contributed by atoms with Gasteiger partial charge in [-0.2, -0.15) is 13.2 Å². The summed E-state index contributed by atoms with van der Waals surface area (Å²) in [7, 11) is 1.47. The second-order valence-electron chi connectivity index (χ2n) is 3.87. The maximum Gasteiger partial charge on any atom is 0.471 e. The van der Waals surface area contributed by atoms with E-state index in [1.54, 1.807) is 29.6 Å². The molecule has 1 rings (SSSR count). The Bertz CT molecular complexity index is 506. The Morgan fingerprint density at radius 1 is 1.19 bits per heavy atom. The highest BCUT2D eigenvalue weighted by molar-refractivity contribution is 5.89. The van der Waals surface area contributed by atoms with Gasteiger partial charge in [-0.05, 0) is 12.1 Å². The molecule has 0 saturated heterocycles. The van der Waals surface area contributed by atoms with Gasteiger partial charge >= 0.3 is 18.1 Å². The molecule has 3 N–H and O–H groups in total. The van der Waals surface area contributed by atoms with Crippen molar-refractivity contribution in [2.45, 2.75) is 6.18 Å². The SMILES string of the molecule is COc1cccc(NC(=O)NCCNC(=O)C(F)(F)F)c1. The number of nitrogens with one attached hydrogen (secondary N) is 3. The van der Waals surface area contributed by atoms with E-state index >= 15 is 0 Å². The maximum atomic E-state index is 11.9. The van der Waals surface area contributed by atoms with Crippen LogP contribution < -0.4 is 20.7 Å². The Labute approximate surface area is 118 Å². The molecule has 0 atom stereocenters. The predicted molar refractivity (Wildman–Crippen MR) is 69.1 cm³/mol. The van der Waals surface area contributed by atoms with Crippen molar-refractivity contribution < 1.29 is 27.5 Å². The fourth-order valence-corrected chi connectivity index (χ4v) is 1.33. The maximum absolute atomic E-state index is 11.9. The average Bonchev–Trinajstić information content (AvgIpc) is 2.42. The minimum absolute atomic E-state index is 0.141. The molecule has 0 aromatic heterocycles. The van der Waals surface area contributed by atoms with E-state index in [1.807, 2.05) is 0 Å². The van der Waals surface area contributed by atoms with Gasteiger partial charge in [0, 0.05) is 24.8 Å². The van der Waals surface area contributed by atoms with E-state index in [4.69, 9.17) is 4.74 Å². The van der Waals surface area contributed by atoms with E-state index < -0.39 is 18.1 Å². The van der Waals surface area contributed by atoms with E-state index in [-0.39, 0.29) is 13.1 Å². The van der Waals surface area contributed by atoms with Crippen LogP contribution in [0.2, 0.25) is 0 Å². The van der Waals surface area contributed by atoms with Crippen molar-refractivity contribution in [1.82, 2.24) is 10.6 Å². The Morgan fingerprint density at radius 2 is 1.86 bits per heavy atom. The highest BCUT2D eigenvalue weighted by Gasteiger charge is 2.38. The van der Waals surface area contributed by atoms with Gasteiger partial charge in [-0.1, -0.05) is 6.07 Å². The number of carbonyl (C=O) groups excluding carboxylic acids is 2. The fraction of sp³-hybridized carbons (Fsp3) is 0.333. The summed E-state index contributed by atoms with van der Waals surface area (Å²) in [6.45, 7) is -0.471. The lowest BCUT2D eigenvalue weighted by Gasteiger charge is -2.10. The molecule has 0 aliphatic carbocycles. The summed E-state index contributed by atoms with van der Waals surface area (Å²) in [6.07, 6.45) is -4.93. The second kappa shape index (κ2) is 7.36. The van der Waals surface area contributed by atoms with E-state index in [0.29, 0.717) is 11.4 Å². The number of amides is 3. The topological polar surface area (TPSA) is 79.5 Å². The van der Waals surface area contributed by atoms with Crippen LogP contribution in [0.15, 0.2) is 24.3 Å². The van der Waals surface area contributed by atoms with Gasteiger partial charge in [-0.3, -0.25) is 4.79 Å². The molecular weight excluding hydrogens is 291 g/mol. The molecule has 0 saturated carbocycles. The zero-order valence-corrected chi connectivity index (χ0v) is 11.1. The molecule has 116 valence electrons. The van der Waals surface area contributed by atoms with Gasteiger partial charge in [0.15, 0.2) is 0 Å². The summed E-state index contributed by atoms with van der Waals surface area (Å²) in [6, 6.07) is 5.94. The number of urea groups is 1. The first-order chi connectivity index (χ1) is 9.82. The van der Waals surface area contributed by atoms with Crippen LogP contribution in [0, 0.1) is 0 Å². The monoisotopic (exact) mass is 305 g/mol. The summed E-state index contributed by atoms with van der Waals surface area (Å²) < 4.78 is 40.6. The normalized spacial score (nSPS) is 10.7. The van der Waals surface area contributed by atoms with Gasteiger partial charge in [0.05, 0.1) is 7.11 Å². The number of methoxy groups -OCH3 is 1. The molecular formula is C12H14F3N3O3. The highest BCUT2D eigenvalue weighted by Crippen LogP contribution is 2.16. The number of ether oxygens (including phenoxy) is 1. The Balaban J connectivity index is 2.30. The van der Waals surface area contributed by atoms with Crippen molar-refractivity contribution >= 4 is 17.6 Å². The fourth-order valence-electron chi connectivity index (χ4n) is 1.33. The van der Waals surface area contributed by atoms with Gasteiger partial charge in [-0.25, -0.2) is 4.79 Å². The Morgan fingerprint density at radius 3 is 2.48 bits per heavy atom. The third kappa shape index (κ3) is 6.02. The molecule has 3 amide bonds. The lowest BCUT2D eigenvalue weighted by molar-refractivity contribution is -0.173. The number of benzene rings is 1. The second-order valence-corrected chi connectivity index (χ2v) is 3.87. The number of anilines is 1. The quantitative estimate of drug-likeness (QED) is 0.721. The van der Waals surface area contributed by atoms with Gasteiger partial charge < -0.3 is 20.7 Å². The van der Waals surface area contributed by atoms with Gasteiger partial charge in [0.25, 0.3) is 0 Å². The summed E-state index contributed by atoms with van der Waals surface area (Å²) in [5, 5.41) is 6.41. The molecule has 0 heterocycles. The molecule has 0 spiro atoms. The van der Waals surface area contributed by atoms with Crippen LogP contribution in [0.5, 0.6) is 5.75 Å². The Hall–Kier alpha value is -2.45. The Kier molecular flexibility index (Phi) is 5.82. The number of alkyl halides is 3. The lowest BCUT2D eigenvalue weighted by Crippen LogP contribution is -2.41. The van der Waals surface area contributed by atoms with Crippen LogP contribution in [-0.2, 0) is 4.79 Å². The van der Waals surface area contributed by atoms with Crippen LogP contribution in [0.1, 0.15) is 0 Å². The van der Waals surface area contributed by atoms with Gasteiger partial charge in [0.2, 0.25) is 0 Å². The molecule has 0 radical (unpaired) electrons. The van der Waals surface area contributed by atoms with Gasteiger partial charge in [0.1, 0.15) is 5.75 Å². The minimum Gasteiger partial charge on any atom is -0.497 e. The van der Waals surface area contributed by atoms with Crippen molar-refractivity contribution in [3.05, 3.63) is 24.3 Å². The first-order valence-electron chi connectivity index (χ1n) is 5.87. The summed E-state index contributed by atoms with van der Waals surface area (Å²) >= 11 is 0. The number of hydrogen-bond donors (Lipinski definition) is 3. The molecule has 0 aliphatic heterocycles. The number of hydrogen-bond acceptors (Lipinski definition) is 3. The number of carbonyl (C=O) groups is 2. The van der Waals surface area contributed by atoms with E-state index in [2.05, 4.69) is 10.6 Å². The molecule has 6 nitrogen and oxygen atoms in total. The van der Waals surface area contributed by atoms with Crippen LogP contribution in [-0.4, -0.2) is 38.3 Å². The third-order valence-electron chi connectivity index (χ3n) is 2.28. The lowest BCUT2D eigenvalue weighted by atomic mass is 10.3. The summed E-state index contributed by atoms with van der Waals surface area (Å²) in [4.78, 5) is 21.9. The van der Waals surface area contributed by atoms with Crippen molar-refractivity contribution in [3.63, 3.8) is 0 Å². The van der Waals surface area contributed by atoms with E-state index in [9.17, 15) is 22.8 Å². The highest BCUT2D eigenvalue weighted by atomic mass is 19.4. The zero-order chi connectivity index (χ0) is 15.9. The average molecular weight is 305 g/mol. The van der Waals surface area contributed by atoms with E-state index in [0.717, 1.165) is 0 Å². The molecule has 9 heteroatoms. The van der Waals surface area contributed by atoms with Crippen LogP contribution in [0.25, 0.3) is 0 Å². The molecule has 0 aliphatic rings. The molecule has 0 unspecified atom stereocenters. The largest absolute Gasteiger partial charge is 0.497 e. The first-order valence-corrected chi connectivity index (χ1v) is 5.87. The summed E-state index contributed by atoms with van der Waals surface area (Å²) in [5.41, 5.74) is 0.464. The number of rotatable bonds is 5. The van der Waals surface area contributed by atoms with Gasteiger partial charge in [-0.15, -0.1) is 0 Å². The molecule has 0 fully saturated rings. The summed E-state index contributed by atoms with van der Waals surface area (Å²) in [5.74, 6) is -1.50. The molecule has 21 heavy (non-hydrogen) atoms. The van der Waals surface area contributed by atoms with Crippen LogP contribution in [0.4, 0.5) is 23.7 Å².